The summed E-state index contributed by atoms with van der Waals surface area (Å²) in [6, 6.07) is 0. The first-order valence-corrected chi connectivity index (χ1v) is 15.2. The summed E-state index contributed by atoms with van der Waals surface area (Å²) in [5, 5.41) is 0. The maximum absolute atomic E-state index is 4.73. The second kappa shape index (κ2) is 24.3. The van der Waals surface area contributed by atoms with Crippen molar-refractivity contribution in [2.75, 3.05) is 11.5 Å². The van der Waals surface area contributed by atoms with Gasteiger partial charge in [-0.2, -0.15) is 25.3 Å². The molecule has 0 aromatic heterocycles. The Bertz CT molecular complexity index is 312. The molecule has 0 rings (SSSR count). The molecule has 0 radical (unpaired) electrons. The van der Waals surface area contributed by atoms with E-state index in [2.05, 4.69) is 13.8 Å². The van der Waals surface area contributed by atoms with Gasteiger partial charge in [0.05, 0.1) is 0 Å². The van der Waals surface area contributed by atoms with Crippen LogP contribution in [0.1, 0.15) is 162 Å². The number of unbranched alkanes of at least 4 members (excludes halogenated alkanes) is 19. The average molecular weight is 459 g/mol. The molecule has 30 heavy (non-hydrogen) atoms. The summed E-state index contributed by atoms with van der Waals surface area (Å²) in [4.78, 5) is 0. The fourth-order valence-electron chi connectivity index (χ4n) is 4.64. The van der Waals surface area contributed by atoms with Gasteiger partial charge in [-0.25, -0.2) is 0 Å². The van der Waals surface area contributed by atoms with Gasteiger partial charge in [0.25, 0.3) is 0 Å². The third kappa shape index (κ3) is 19.4. The van der Waals surface area contributed by atoms with E-state index >= 15 is 0 Å². The van der Waals surface area contributed by atoms with Crippen LogP contribution in [0.2, 0.25) is 0 Å². The number of rotatable bonds is 25. The van der Waals surface area contributed by atoms with Crippen LogP contribution in [-0.2, 0) is 0 Å². The minimum absolute atomic E-state index is 0.395. The third-order valence-corrected chi connectivity index (χ3v) is 8.38. The molecule has 0 atom stereocenters. The van der Waals surface area contributed by atoms with Gasteiger partial charge in [-0.05, 0) is 29.8 Å². The van der Waals surface area contributed by atoms with Gasteiger partial charge >= 0.3 is 0 Å². The molecule has 0 aliphatic carbocycles. The van der Waals surface area contributed by atoms with E-state index in [-0.39, 0.29) is 0 Å². The molecule has 0 aliphatic rings. The smallest absolute Gasteiger partial charge is 0.00334 e. The van der Waals surface area contributed by atoms with Crippen LogP contribution in [0.25, 0.3) is 0 Å². The summed E-state index contributed by atoms with van der Waals surface area (Å²) in [6.45, 7) is 4.60. The lowest BCUT2D eigenvalue weighted by Crippen LogP contribution is -2.25. The fraction of sp³-hybridized carbons (Fsp3) is 1.00. The Morgan fingerprint density at radius 1 is 0.367 bits per heavy atom. The quantitative estimate of drug-likeness (QED) is 0.0985. The van der Waals surface area contributed by atoms with Crippen LogP contribution in [0.15, 0.2) is 0 Å². The Balaban J connectivity index is 3.59. The van der Waals surface area contributed by atoms with Crippen molar-refractivity contribution in [3.8, 4) is 0 Å². The van der Waals surface area contributed by atoms with Crippen molar-refractivity contribution in [3.63, 3.8) is 0 Å². The molecule has 0 nitrogen and oxygen atoms in total. The van der Waals surface area contributed by atoms with Crippen LogP contribution in [0.4, 0.5) is 0 Å². The normalized spacial score (nSPS) is 12.0. The van der Waals surface area contributed by atoms with Gasteiger partial charge in [0.2, 0.25) is 0 Å². The molecule has 182 valence electrons. The summed E-state index contributed by atoms with van der Waals surface area (Å²) in [5.41, 5.74) is 0.395. The molecular formula is C28H58S2. The topological polar surface area (TPSA) is 0 Å². The van der Waals surface area contributed by atoms with Crippen LogP contribution in [0, 0.1) is 5.41 Å². The first-order valence-electron chi connectivity index (χ1n) is 14.0. The van der Waals surface area contributed by atoms with Gasteiger partial charge < -0.3 is 0 Å². The van der Waals surface area contributed by atoms with E-state index in [1.807, 2.05) is 0 Å². The van der Waals surface area contributed by atoms with Gasteiger partial charge in [0.1, 0.15) is 0 Å². The first kappa shape index (κ1) is 30.7. The standard InChI is InChI=1S/C28H58S2/c1-3-5-7-9-11-13-14-15-16-17-19-21-23-25-28(26-29,27-30)24-22-20-18-12-10-8-6-4-2/h29-30H,3-27H2,1-2H3. The first-order chi connectivity index (χ1) is 14.7. The molecule has 0 saturated heterocycles. The van der Waals surface area contributed by atoms with Crippen LogP contribution < -0.4 is 0 Å². The highest BCUT2D eigenvalue weighted by Crippen LogP contribution is 2.34. The Kier molecular flexibility index (Phi) is 24.9. The van der Waals surface area contributed by atoms with Gasteiger partial charge in [0.15, 0.2) is 0 Å². The van der Waals surface area contributed by atoms with E-state index in [9.17, 15) is 0 Å². The lowest BCUT2D eigenvalue weighted by Gasteiger charge is -2.31. The molecule has 0 amide bonds. The van der Waals surface area contributed by atoms with Crippen LogP contribution in [0.5, 0.6) is 0 Å². The number of hydrogen-bond acceptors (Lipinski definition) is 2. The molecule has 0 N–H and O–H groups in total. The zero-order valence-electron chi connectivity index (χ0n) is 21.1. The molecule has 0 bridgehead atoms. The largest absolute Gasteiger partial charge is 0.179 e. The molecule has 0 spiro atoms. The van der Waals surface area contributed by atoms with E-state index in [0.29, 0.717) is 5.41 Å². The van der Waals surface area contributed by atoms with E-state index in [1.54, 1.807) is 0 Å². The summed E-state index contributed by atoms with van der Waals surface area (Å²) in [5.74, 6) is 2.04. The maximum Gasteiger partial charge on any atom is -0.00334 e. The van der Waals surface area contributed by atoms with Crippen molar-refractivity contribution in [3.05, 3.63) is 0 Å². The monoisotopic (exact) mass is 458 g/mol. The Morgan fingerprint density at radius 2 is 0.600 bits per heavy atom. The fourth-order valence-corrected chi connectivity index (χ4v) is 5.68. The number of hydrogen-bond donors (Lipinski definition) is 2. The van der Waals surface area contributed by atoms with Gasteiger partial charge in [0, 0.05) is 0 Å². The van der Waals surface area contributed by atoms with Crippen molar-refractivity contribution >= 4 is 25.3 Å². The lowest BCUT2D eigenvalue weighted by molar-refractivity contribution is 0.298. The predicted molar refractivity (Wildman–Crippen MR) is 148 cm³/mol. The second-order valence-corrected chi connectivity index (χ2v) is 10.7. The van der Waals surface area contributed by atoms with E-state index in [0.717, 1.165) is 11.5 Å². The second-order valence-electron chi connectivity index (χ2n) is 10.0. The van der Waals surface area contributed by atoms with Crippen molar-refractivity contribution in [1.29, 1.82) is 0 Å². The zero-order valence-corrected chi connectivity index (χ0v) is 22.9. The highest BCUT2D eigenvalue weighted by Gasteiger charge is 2.25. The summed E-state index contributed by atoms with van der Waals surface area (Å²) < 4.78 is 0. The van der Waals surface area contributed by atoms with E-state index in [1.165, 1.54) is 148 Å². The molecule has 0 aromatic carbocycles. The SMILES string of the molecule is CCCCCCCCCCCCCCCC(CS)(CS)CCCCCCCCCC. The molecule has 0 fully saturated rings. The van der Waals surface area contributed by atoms with Crippen LogP contribution in [0.3, 0.4) is 0 Å². The molecule has 2 heteroatoms. The minimum Gasteiger partial charge on any atom is -0.179 e. The molecular weight excluding hydrogens is 400 g/mol. The highest BCUT2D eigenvalue weighted by atomic mass is 32.1. The third-order valence-electron chi connectivity index (χ3n) is 7.04. The Morgan fingerprint density at radius 3 is 0.833 bits per heavy atom. The molecule has 0 unspecified atom stereocenters. The van der Waals surface area contributed by atoms with Gasteiger partial charge in [-0.1, -0.05) is 149 Å². The number of thiol groups is 2. The summed E-state index contributed by atoms with van der Waals surface area (Å²) >= 11 is 9.46. The van der Waals surface area contributed by atoms with Crippen LogP contribution >= 0.6 is 25.3 Å². The molecule has 0 aromatic rings. The van der Waals surface area contributed by atoms with Crippen molar-refractivity contribution in [2.45, 2.75) is 162 Å². The lowest BCUT2D eigenvalue weighted by atomic mass is 9.81. The van der Waals surface area contributed by atoms with Crippen molar-refractivity contribution in [2.24, 2.45) is 5.41 Å². The highest BCUT2D eigenvalue weighted by molar-refractivity contribution is 7.81. The van der Waals surface area contributed by atoms with Crippen molar-refractivity contribution < 1.29 is 0 Å². The molecule has 0 heterocycles. The maximum atomic E-state index is 4.73. The molecule has 0 aliphatic heterocycles. The minimum atomic E-state index is 0.395. The zero-order chi connectivity index (χ0) is 22.2. The van der Waals surface area contributed by atoms with E-state index in [4.69, 9.17) is 25.3 Å². The predicted octanol–water partition coefficient (Wildman–Crippen LogP) is 10.8. The Hall–Kier alpha value is 0.700. The van der Waals surface area contributed by atoms with Gasteiger partial charge in [-0.15, -0.1) is 0 Å². The molecule has 0 saturated carbocycles. The average Bonchev–Trinajstić information content (AvgIpc) is 2.77. The van der Waals surface area contributed by atoms with E-state index < -0.39 is 0 Å². The van der Waals surface area contributed by atoms with Crippen molar-refractivity contribution in [1.82, 2.24) is 0 Å². The summed E-state index contributed by atoms with van der Waals surface area (Å²) in [6.07, 6.45) is 32.7. The van der Waals surface area contributed by atoms with Crippen LogP contribution in [-0.4, -0.2) is 11.5 Å². The Labute approximate surface area is 203 Å². The summed E-state index contributed by atoms with van der Waals surface area (Å²) in [7, 11) is 0. The van der Waals surface area contributed by atoms with Gasteiger partial charge in [-0.3, -0.25) is 0 Å².